The Kier molecular flexibility index (Phi) is 5.27. The van der Waals surface area contributed by atoms with E-state index in [1.54, 1.807) is 24.3 Å². The second-order valence-electron chi connectivity index (χ2n) is 6.54. The van der Waals surface area contributed by atoms with Gasteiger partial charge < -0.3 is 10.6 Å². The SMILES string of the molecule is CC1(c2ccc(Cl)cc2)NC(=O)N(CC(=O)Nc2ccccc2C(F)(F)F)C1=O. The minimum atomic E-state index is -4.67. The largest absolute Gasteiger partial charge is 0.418 e. The maximum Gasteiger partial charge on any atom is 0.418 e. The molecule has 29 heavy (non-hydrogen) atoms. The van der Waals surface area contributed by atoms with Crippen molar-refractivity contribution in [3.8, 4) is 0 Å². The lowest BCUT2D eigenvalue weighted by molar-refractivity contribution is -0.137. The minimum Gasteiger partial charge on any atom is -0.324 e. The molecular weight excluding hydrogens is 411 g/mol. The number of nitrogens with zero attached hydrogens (tertiary/aromatic N) is 1. The van der Waals surface area contributed by atoms with E-state index in [0.29, 0.717) is 15.5 Å². The summed E-state index contributed by atoms with van der Waals surface area (Å²) in [5.41, 5.74) is -2.47. The van der Waals surface area contributed by atoms with Gasteiger partial charge in [-0.3, -0.25) is 14.5 Å². The maximum atomic E-state index is 13.1. The van der Waals surface area contributed by atoms with Crippen LogP contribution < -0.4 is 10.6 Å². The molecular formula is C19H15ClF3N3O3. The first kappa shape index (κ1) is 20.7. The van der Waals surface area contributed by atoms with E-state index in [2.05, 4.69) is 10.6 Å². The summed E-state index contributed by atoms with van der Waals surface area (Å²) in [5, 5.41) is 5.05. The predicted molar refractivity (Wildman–Crippen MR) is 99.1 cm³/mol. The topological polar surface area (TPSA) is 78.5 Å². The first-order valence-electron chi connectivity index (χ1n) is 8.38. The molecule has 0 spiro atoms. The molecule has 1 heterocycles. The van der Waals surface area contributed by atoms with Crippen molar-refractivity contribution in [1.82, 2.24) is 10.2 Å². The quantitative estimate of drug-likeness (QED) is 0.732. The Hall–Kier alpha value is -3.07. The molecule has 1 unspecified atom stereocenters. The van der Waals surface area contributed by atoms with E-state index < -0.39 is 47.4 Å². The molecule has 10 heteroatoms. The van der Waals surface area contributed by atoms with E-state index in [1.165, 1.54) is 19.1 Å². The third-order valence-corrected chi connectivity index (χ3v) is 4.76. The van der Waals surface area contributed by atoms with Gasteiger partial charge in [0.1, 0.15) is 12.1 Å². The van der Waals surface area contributed by atoms with Crippen LogP contribution in [0.25, 0.3) is 0 Å². The summed E-state index contributed by atoms with van der Waals surface area (Å²) in [6.45, 7) is 0.730. The van der Waals surface area contributed by atoms with Crippen molar-refractivity contribution >= 4 is 35.1 Å². The van der Waals surface area contributed by atoms with Gasteiger partial charge in [-0.1, -0.05) is 35.9 Å². The Bertz CT molecular complexity index is 979. The third kappa shape index (κ3) is 4.04. The van der Waals surface area contributed by atoms with E-state index in [4.69, 9.17) is 11.6 Å². The van der Waals surface area contributed by atoms with Gasteiger partial charge in [0.15, 0.2) is 0 Å². The summed E-state index contributed by atoms with van der Waals surface area (Å²) in [6, 6.07) is 9.81. The summed E-state index contributed by atoms with van der Waals surface area (Å²) < 4.78 is 39.2. The number of urea groups is 1. The summed E-state index contributed by atoms with van der Waals surface area (Å²) in [4.78, 5) is 38.0. The van der Waals surface area contributed by atoms with Gasteiger partial charge in [0, 0.05) is 5.02 Å². The Morgan fingerprint density at radius 2 is 1.76 bits per heavy atom. The number of hydrogen-bond donors (Lipinski definition) is 2. The molecule has 3 rings (SSSR count). The number of rotatable bonds is 4. The van der Waals surface area contributed by atoms with Gasteiger partial charge in [0.2, 0.25) is 5.91 Å². The number of benzene rings is 2. The number of halogens is 4. The average molecular weight is 426 g/mol. The predicted octanol–water partition coefficient (Wildman–Crippen LogP) is 3.76. The van der Waals surface area contributed by atoms with Crippen molar-refractivity contribution in [2.75, 3.05) is 11.9 Å². The average Bonchev–Trinajstić information content (AvgIpc) is 2.86. The number of anilines is 1. The normalized spacial score (nSPS) is 19.3. The molecule has 152 valence electrons. The molecule has 4 amide bonds. The zero-order valence-corrected chi connectivity index (χ0v) is 15.8. The Labute approximate surface area is 168 Å². The highest BCUT2D eigenvalue weighted by Crippen LogP contribution is 2.35. The van der Waals surface area contributed by atoms with Crippen molar-refractivity contribution in [3.05, 3.63) is 64.7 Å². The highest BCUT2D eigenvalue weighted by molar-refractivity contribution is 6.30. The number of imide groups is 1. The fourth-order valence-corrected chi connectivity index (χ4v) is 3.12. The van der Waals surface area contributed by atoms with Crippen molar-refractivity contribution in [2.24, 2.45) is 0 Å². The van der Waals surface area contributed by atoms with Gasteiger partial charge in [-0.25, -0.2) is 4.79 Å². The molecule has 0 aliphatic carbocycles. The second kappa shape index (κ2) is 7.40. The number of carbonyl (C=O) groups is 3. The standard InChI is InChI=1S/C19H15ClF3N3O3/c1-18(11-6-8-12(20)9-7-11)16(28)26(17(29)25-18)10-15(27)24-14-5-3-2-4-13(14)19(21,22)23/h2-9H,10H2,1H3,(H,24,27)(H,25,29). The van der Waals surface area contributed by atoms with Crippen LogP contribution in [0.5, 0.6) is 0 Å². The van der Waals surface area contributed by atoms with Gasteiger partial charge in [-0.05, 0) is 36.8 Å². The molecule has 1 fully saturated rings. The highest BCUT2D eigenvalue weighted by Gasteiger charge is 2.49. The van der Waals surface area contributed by atoms with E-state index >= 15 is 0 Å². The van der Waals surface area contributed by atoms with Crippen LogP contribution in [-0.2, 0) is 21.3 Å². The number of amides is 4. The minimum absolute atomic E-state index is 0.439. The van der Waals surface area contributed by atoms with Gasteiger partial charge >= 0.3 is 12.2 Å². The Morgan fingerprint density at radius 3 is 2.38 bits per heavy atom. The van der Waals surface area contributed by atoms with Crippen molar-refractivity contribution in [3.63, 3.8) is 0 Å². The lowest BCUT2D eigenvalue weighted by atomic mass is 9.92. The number of nitrogens with one attached hydrogen (secondary N) is 2. The fraction of sp³-hybridized carbons (Fsp3) is 0.211. The summed E-state index contributed by atoms with van der Waals surface area (Å²) in [7, 11) is 0. The Balaban J connectivity index is 1.77. The van der Waals surface area contributed by atoms with Crippen LogP contribution in [0.4, 0.5) is 23.7 Å². The van der Waals surface area contributed by atoms with E-state index in [-0.39, 0.29) is 0 Å². The highest BCUT2D eigenvalue weighted by atomic mass is 35.5. The molecule has 0 aromatic heterocycles. The Morgan fingerprint density at radius 1 is 1.14 bits per heavy atom. The van der Waals surface area contributed by atoms with E-state index in [1.807, 2.05) is 0 Å². The molecule has 1 atom stereocenters. The monoisotopic (exact) mass is 425 g/mol. The van der Waals surface area contributed by atoms with Crippen LogP contribution in [0.3, 0.4) is 0 Å². The second-order valence-corrected chi connectivity index (χ2v) is 6.98. The molecule has 2 aromatic rings. The zero-order chi connectivity index (χ0) is 21.4. The van der Waals surface area contributed by atoms with Crippen molar-refractivity contribution < 1.29 is 27.6 Å². The van der Waals surface area contributed by atoms with Crippen LogP contribution in [0, 0.1) is 0 Å². The first-order valence-corrected chi connectivity index (χ1v) is 8.76. The van der Waals surface area contributed by atoms with Gasteiger partial charge in [-0.2, -0.15) is 13.2 Å². The molecule has 2 aromatic carbocycles. The summed E-state index contributed by atoms with van der Waals surface area (Å²) >= 11 is 5.83. The van der Waals surface area contributed by atoms with Crippen LogP contribution >= 0.6 is 11.6 Å². The zero-order valence-electron chi connectivity index (χ0n) is 15.0. The van der Waals surface area contributed by atoms with Gasteiger partial charge in [0.25, 0.3) is 5.91 Å². The molecule has 2 N–H and O–H groups in total. The lowest BCUT2D eigenvalue weighted by Crippen LogP contribution is -2.42. The smallest absolute Gasteiger partial charge is 0.324 e. The third-order valence-electron chi connectivity index (χ3n) is 4.50. The number of para-hydroxylation sites is 1. The summed E-state index contributed by atoms with van der Waals surface area (Å²) in [5.74, 6) is -1.64. The van der Waals surface area contributed by atoms with Gasteiger partial charge in [-0.15, -0.1) is 0 Å². The maximum absolute atomic E-state index is 13.1. The number of hydrogen-bond acceptors (Lipinski definition) is 3. The molecule has 0 saturated carbocycles. The molecule has 0 bridgehead atoms. The van der Waals surface area contributed by atoms with E-state index in [0.717, 1.165) is 12.1 Å². The number of alkyl halides is 3. The lowest BCUT2D eigenvalue weighted by Gasteiger charge is -2.22. The van der Waals surface area contributed by atoms with Crippen molar-refractivity contribution in [2.45, 2.75) is 18.6 Å². The van der Waals surface area contributed by atoms with Crippen LogP contribution in [-0.4, -0.2) is 29.3 Å². The number of carbonyl (C=O) groups excluding carboxylic acids is 3. The molecule has 6 nitrogen and oxygen atoms in total. The first-order chi connectivity index (χ1) is 13.5. The van der Waals surface area contributed by atoms with Gasteiger partial charge in [0.05, 0.1) is 11.3 Å². The van der Waals surface area contributed by atoms with Crippen LogP contribution in [0.15, 0.2) is 48.5 Å². The van der Waals surface area contributed by atoms with Crippen LogP contribution in [0.1, 0.15) is 18.1 Å². The molecule has 1 aliphatic rings. The van der Waals surface area contributed by atoms with E-state index in [9.17, 15) is 27.6 Å². The molecule has 1 saturated heterocycles. The van der Waals surface area contributed by atoms with Crippen LogP contribution in [0.2, 0.25) is 5.02 Å². The molecule has 0 radical (unpaired) electrons. The molecule has 1 aliphatic heterocycles. The fourth-order valence-electron chi connectivity index (χ4n) is 2.99. The van der Waals surface area contributed by atoms with Crippen molar-refractivity contribution in [1.29, 1.82) is 0 Å². The summed E-state index contributed by atoms with van der Waals surface area (Å²) in [6.07, 6.45) is -4.67.